The van der Waals surface area contributed by atoms with Crippen LogP contribution in [0.2, 0.25) is 0 Å². The zero-order valence-electron chi connectivity index (χ0n) is 23.9. The van der Waals surface area contributed by atoms with Crippen LogP contribution in [-0.2, 0) is 14.4 Å². The molecule has 3 aliphatic rings. The first-order valence-electron chi connectivity index (χ1n) is 14.7. The molecular weight excluding hydrogens is 494 g/mol. The number of nitrogens with one attached hydrogen (secondary N) is 1. The number of fused-ring (bicyclic) bond motifs is 1. The molecule has 0 radical (unpaired) electrons. The minimum atomic E-state index is -0.753. The Kier molecular flexibility index (Phi) is 9.31. The fraction of sp³-hybridized carbons (Fsp3) is 0.667. The third-order valence-corrected chi connectivity index (χ3v) is 8.75. The lowest BCUT2D eigenvalue weighted by molar-refractivity contribution is -0.138. The van der Waals surface area contributed by atoms with Gasteiger partial charge in [-0.05, 0) is 75.6 Å². The Morgan fingerprint density at radius 3 is 2.23 bits per heavy atom. The largest absolute Gasteiger partial charge is 0.372 e. The van der Waals surface area contributed by atoms with Gasteiger partial charge in [-0.1, -0.05) is 26.7 Å². The predicted octanol–water partition coefficient (Wildman–Crippen LogP) is 2.58. The third-order valence-electron chi connectivity index (χ3n) is 8.75. The number of Topliss-reactive ketones (excluding diaryl/α,β-unsaturated/α-hetero) is 1. The number of carbonyl (C=O) groups excluding carboxylic acids is 4. The summed E-state index contributed by atoms with van der Waals surface area (Å²) >= 11 is 0. The first-order valence-corrected chi connectivity index (χ1v) is 14.7. The van der Waals surface area contributed by atoms with Gasteiger partial charge in [0.25, 0.3) is 5.91 Å². The Morgan fingerprint density at radius 2 is 1.64 bits per heavy atom. The van der Waals surface area contributed by atoms with Crippen LogP contribution in [-0.4, -0.2) is 83.7 Å². The van der Waals surface area contributed by atoms with Crippen molar-refractivity contribution < 1.29 is 19.2 Å². The number of anilines is 1. The van der Waals surface area contributed by atoms with Gasteiger partial charge in [-0.3, -0.25) is 19.2 Å². The van der Waals surface area contributed by atoms with Crippen molar-refractivity contribution in [3.8, 4) is 0 Å². The van der Waals surface area contributed by atoms with Crippen LogP contribution < -0.4 is 16.0 Å². The van der Waals surface area contributed by atoms with Crippen LogP contribution in [0.1, 0.15) is 76.6 Å². The zero-order chi connectivity index (χ0) is 28.3. The van der Waals surface area contributed by atoms with Crippen LogP contribution >= 0.6 is 0 Å². The third kappa shape index (κ3) is 6.13. The smallest absolute Gasteiger partial charge is 0.251 e. The molecule has 9 heteroatoms. The van der Waals surface area contributed by atoms with E-state index in [-0.39, 0.29) is 47.9 Å². The molecule has 2 heterocycles. The SMILES string of the molecule is CCN(CC)c1ccc(C(=O)NC(CC(C)C)C(=O)N2CCC3C2C(=O)CN3C(=O)C(N)C2CCCC2)cc1. The monoisotopic (exact) mass is 539 g/mol. The topological polar surface area (TPSA) is 116 Å². The molecule has 3 N–H and O–H groups in total. The second-order valence-electron chi connectivity index (χ2n) is 11.7. The van der Waals surface area contributed by atoms with Gasteiger partial charge < -0.3 is 25.8 Å². The van der Waals surface area contributed by atoms with Gasteiger partial charge in [-0.2, -0.15) is 0 Å². The molecule has 0 spiro atoms. The van der Waals surface area contributed by atoms with Crippen molar-refractivity contribution >= 4 is 29.2 Å². The van der Waals surface area contributed by atoms with Gasteiger partial charge in [-0.25, -0.2) is 0 Å². The van der Waals surface area contributed by atoms with E-state index in [1.165, 1.54) is 0 Å². The summed E-state index contributed by atoms with van der Waals surface area (Å²) in [6, 6.07) is 5.05. The van der Waals surface area contributed by atoms with Crippen molar-refractivity contribution in [1.82, 2.24) is 15.1 Å². The summed E-state index contributed by atoms with van der Waals surface area (Å²) in [5, 5.41) is 2.95. The number of nitrogens with zero attached hydrogens (tertiary/aromatic N) is 3. The standard InChI is InChI=1S/C30H45N5O4/c1-5-33(6-2)22-13-11-21(12-14-22)28(37)32-23(17-19(3)4)29(38)34-16-15-24-27(34)25(36)18-35(24)30(39)26(31)20-9-7-8-10-20/h11-14,19-20,23-24,26-27H,5-10,15-18,31H2,1-4H3,(H,32,37). The molecule has 1 aromatic rings. The van der Waals surface area contributed by atoms with Crippen LogP contribution in [0.25, 0.3) is 0 Å². The molecule has 39 heavy (non-hydrogen) atoms. The van der Waals surface area contributed by atoms with Gasteiger partial charge in [0, 0.05) is 30.9 Å². The summed E-state index contributed by atoms with van der Waals surface area (Å²) in [5.74, 6) is -0.543. The molecule has 4 atom stereocenters. The average Bonchev–Trinajstić information content (AvgIpc) is 3.67. The highest BCUT2D eigenvalue weighted by Gasteiger charge is 2.53. The van der Waals surface area contributed by atoms with Crippen LogP contribution in [0.5, 0.6) is 0 Å². The van der Waals surface area contributed by atoms with Crippen molar-refractivity contribution in [3.63, 3.8) is 0 Å². The highest BCUT2D eigenvalue weighted by molar-refractivity contribution is 6.01. The van der Waals surface area contributed by atoms with Crippen molar-refractivity contribution in [2.24, 2.45) is 17.6 Å². The van der Waals surface area contributed by atoms with Crippen LogP contribution in [0.3, 0.4) is 0 Å². The van der Waals surface area contributed by atoms with Crippen LogP contribution in [0.4, 0.5) is 5.69 Å². The van der Waals surface area contributed by atoms with E-state index in [0.29, 0.717) is 24.9 Å². The molecule has 1 aliphatic carbocycles. The van der Waals surface area contributed by atoms with Crippen molar-refractivity contribution in [2.45, 2.75) is 90.4 Å². The summed E-state index contributed by atoms with van der Waals surface area (Å²) in [6.07, 6.45) is 5.06. The molecular formula is C30H45N5O4. The van der Waals surface area contributed by atoms with Gasteiger partial charge in [0.1, 0.15) is 12.1 Å². The van der Waals surface area contributed by atoms with Crippen molar-refractivity contribution in [3.05, 3.63) is 29.8 Å². The molecule has 214 valence electrons. The molecule has 2 aliphatic heterocycles. The molecule has 3 amide bonds. The molecule has 1 aromatic carbocycles. The number of carbonyl (C=O) groups is 4. The van der Waals surface area contributed by atoms with Crippen molar-refractivity contribution in [1.29, 1.82) is 0 Å². The normalized spacial score (nSPS) is 22.8. The van der Waals surface area contributed by atoms with Gasteiger partial charge >= 0.3 is 0 Å². The van der Waals surface area contributed by atoms with Crippen LogP contribution in [0, 0.1) is 11.8 Å². The van der Waals surface area contributed by atoms with Crippen molar-refractivity contribution in [2.75, 3.05) is 31.1 Å². The Bertz CT molecular complexity index is 1050. The highest BCUT2D eigenvalue weighted by Crippen LogP contribution is 2.33. The minimum absolute atomic E-state index is 0.00153. The maximum atomic E-state index is 13.8. The number of rotatable bonds is 10. The van der Waals surface area contributed by atoms with E-state index in [9.17, 15) is 19.2 Å². The quantitative estimate of drug-likeness (QED) is 0.472. The molecule has 4 unspecified atom stereocenters. The first-order chi connectivity index (χ1) is 18.7. The van der Waals surface area contributed by atoms with Gasteiger partial charge in [0.05, 0.1) is 18.6 Å². The lowest BCUT2D eigenvalue weighted by atomic mass is 9.97. The fourth-order valence-electron chi connectivity index (χ4n) is 6.61. The number of benzene rings is 1. The minimum Gasteiger partial charge on any atom is -0.372 e. The predicted molar refractivity (Wildman–Crippen MR) is 151 cm³/mol. The van der Waals surface area contributed by atoms with Gasteiger partial charge in [0.2, 0.25) is 11.8 Å². The second-order valence-corrected chi connectivity index (χ2v) is 11.7. The Balaban J connectivity index is 1.45. The van der Waals surface area contributed by atoms with E-state index in [0.717, 1.165) is 44.5 Å². The lowest BCUT2D eigenvalue weighted by Crippen LogP contribution is -2.53. The van der Waals surface area contributed by atoms with Gasteiger partial charge in [-0.15, -0.1) is 0 Å². The molecule has 2 saturated heterocycles. The van der Waals surface area contributed by atoms with E-state index in [2.05, 4.69) is 24.1 Å². The number of likely N-dealkylation sites (tertiary alicyclic amines) is 2. The number of hydrogen-bond donors (Lipinski definition) is 2. The highest BCUT2D eigenvalue weighted by atomic mass is 16.2. The molecule has 4 rings (SSSR count). The summed E-state index contributed by atoms with van der Waals surface area (Å²) in [6.45, 7) is 10.3. The maximum absolute atomic E-state index is 13.8. The molecule has 3 fully saturated rings. The Morgan fingerprint density at radius 1 is 1.00 bits per heavy atom. The number of amides is 3. The van der Waals surface area contributed by atoms with E-state index in [1.807, 2.05) is 26.0 Å². The fourth-order valence-corrected chi connectivity index (χ4v) is 6.61. The molecule has 0 aromatic heterocycles. The molecule has 1 saturated carbocycles. The number of nitrogens with two attached hydrogens (primary N) is 1. The van der Waals surface area contributed by atoms with Crippen LogP contribution in [0.15, 0.2) is 24.3 Å². The number of hydrogen-bond acceptors (Lipinski definition) is 6. The molecule has 9 nitrogen and oxygen atoms in total. The second kappa shape index (κ2) is 12.5. The number of ketones is 1. The van der Waals surface area contributed by atoms with E-state index < -0.39 is 18.1 Å². The van der Waals surface area contributed by atoms with Gasteiger partial charge in [0.15, 0.2) is 5.78 Å². The van der Waals surface area contributed by atoms with E-state index >= 15 is 0 Å². The molecule has 0 bridgehead atoms. The average molecular weight is 540 g/mol. The first kappa shape index (κ1) is 29.1. The zero-order valence-corrected chi connectivity index (χ0v) is 23.9. The maximum Gasteiger partial charge on any atom is 0.251 e. The summed E-state index contributed by atoms with van der Waals surface area (Å²) in [5.41, 5.74) is 7.88. The summed E-state index contributed by atoms with van der Waals surface area (Å²) in [7, 11) is 0. The lowest BCUT2D eigenvalue weighted by Gasteiger charge is -2.30. The summed E-state index contributed by atoms with van der Waals surface area (Å²) in [4.78, 5) is 58.8. The van der Waals surface area contributed by atoms with E-state index in [4.69, 9.17) is 5.73 Å². The summed E-state index contributed by atoms with van der Waals surface area (Å²) < 4.78 is 0. The Hall–Kier alpha value is -2.94. The van der Waals surface area contributed by atoms with E-state index in [1.54, 1.807) is 21.9 Å². The Labute approximate surface area is 232 Å².